The number of esters is 1. The van der Waals surface area contributed by atoms with Crippen LogP contribution in [0.15, 0.2) is 24.3 Å². The molecule has 0 aromatic heterocycles. The predicted octanol–water partition coefficient (Wildman–Crippen LogP) is 5.48. The Morgan fingerprint density at radius 2 is 1.61 bits per heavy atom. The molecule has 2 nitrogen and oxygen atoms in total. The van der Waals surface area contributed by atoms with Crippen molar-refractivity contribution in [2.75, 3.05) is 6.61 Å². The summed E-state index contributed by atoms with van der Waals surface area (Å²) >= 11 is 0. The van der Waals surface area contributed by atoms with Gasteiger partial charge < -0.3 is 4.74 Å². The third-order valence-corrected chi connectivity index (χ3v) is 4.88. The van der Waals surface area contributed by atoms with Crippen molar-refractivity contribution in [3.05, 3.63) is 35.4 Å². The van der Waals surface area contributed by atoms with E-state index in [2.05, 4.69) is 31.2 Å². The van der Waals surface area contributed by atoms with Gasteiger partial charge in [-0.1, -0.05) is 56.9 Å². The van der Waals surface area contributed by atoms with Gasteiger partial charge in [-0.3, -0.25) is 4.79 Å². The molecule has 1 aliphatic heterocycles. The highest BCUT2D eigenvalue weighted by atomic mass is 16.5. The Hall–Kier alpha value is -1.31. The van der Waals surface area contributed by atoms with Gasteiger partial charge in [0.05, 0.1) is 12.5 Å². The largest absolute Gasteiger partial charge is 0.465 e. The number of ether oxygens (including phenoxy) is 1. The highest BCUT2D eigenvalue weighted by Gasteiger charge is 2.22. The molecule has 1 heterocycles. The molecule has 1 unspecified atom stereocenters. The van der Waals surface area contributed by atoms with Crippen molar-refractivity contribution >= 4 is 5.97 Å². The minimum atomic E-state index is 0.0411. The van der Waals surface area contributed by atoms with Gasteiger partial charge in [0.1, 0.15) is 0 Å². The number of benzene rings is 1. The summed E-state index contributed by atoms with van der Waals surface area (Å²) < 4.78 is 5.12. The lowest BCUT2D eigenvalue weighted by Gasteiger charge is -2.20. The van der Waals surface area contributed by atoms with Gasteiger partial charge in [0, 0.05) is 0 Å². The second-order valence-corrected chi connectivity index (χ2v) is 6.88. The van der Waals surface area contributed by atoms with E-state index in [1.165, 1.54) is 56.1 Å². The Kier molecular flexibility index (Phi) is 8.20. The molecular formula is C21H32O2. The van der Waals surface area contributed by atoms with Crippen LogP contribution < -0.4 is 0 Å². The van der Waals surface area contributed by atoms with E-state index in [1.54, 1.807) is 0 Å². The number of aryl methyl sites for hydroxylation is 2. The van der Waals surface area contributed by atoms with Crippen LogP contribution in [0.5, 0.6) is 0 Å². The molecule has 1 aromatic carbocycles. The molecular weight excluding hydrogens is 284 g/mol. The van der Waals surface area contributed by atoms with E-state index >= 15 is 0 Å². The second kappa shape index (κ2) is 10.5. The third-order valence-electron chi connectivity index (χ3n) is 4.88. The highest BCUT2D eigenvalue weighted by molar-refractivity contribution is 5.72. The molecule has 23 heavy (non-hydrogen) atoms. The standard InChI is InChI=1S/C21H32O2/c1-2-3-9-18-13-15-19(16-14-18)10-6-4-5-7-11-20-12-8-17-23-21(20)22/h13-16,20H,2-12,17H2,1H3. The van der Waals surface area contributed by atoms with Gasteiger partial charge in [0.2, 0.25) is 0 Å². The second-order valence-electron chi connectivity index (χ2n) is 6.88. The van der Waals surface area contributed by atoms with E-state index in [9.17, 15) is 4.79 Å². The van der Waals surface area contributed by atoms with E-state index in [4.69, 9.17) is 4.74 Å². The molecule has 0 bridgehead atoms. The summed E-state index contributed by atoms with van der Waals surface area (Å²) in [6.07, 6.45) is 12.9. The first-order chi connectivity index (χ1) is 11.3. The zero-order chi connectivity index (χ0) is 16.3. The first-order valence-corrected chi connectivity index (χ1v) is 9.54. The zero-order valence-electron chi connectivity index (χ0n) is 14.7. The molecule has 1 aliphatic rings. The van der Waals surface area contributed by atoms with Crippen LogP contribution in [0, 0.1) is 5.92 Å². The topological polar surface area (TPSA) is 26.3 Å². The van der Waals surface area contributed by atoms with E-state index in [-0.39, 0.29) is 11.9 Å². The number of carbonyl (C=O) groups excluding carboxylic acids is 1. The Morgan fingerprint density at radius 3 is 2.26 bits per heavy atom. The van der Waals surface area contributed by atoms with Crippen molar-refractivity contribution in [1.29, 1.82) is 0 Å². The summed E-state index contributed by atoms with van der Waals surface area (Å²) in [5, 5.41) is 0. The lowest BCUT2D eigenvalue weighted by Crippen LogP contribution is -2.23. The van der Waals surface area contributed by atoms with Crippen LogP contribution >= 0.6 is 0 Å². The SMILES string of the molecule is CCCCc1ccc(CCCCCCC2CCCOC2=O)cc1. The molecule has 0 radical (unpaired) electrons. The molecule has 0 saturated carbocycles. The van der Waals surface area contributed by atoms with Gasteiger partial charge in [-0.15, -0.1) is 0 Å². The van der Waals surface area contributed by atoms with E-state index in [0.29, 0.717) is 6.61 Å². The lowest BCUT2D eigenvalue weighted by atomic mass is 9.94. The number of hydrogen-bond acceptors (Lipinski definition) is 2. The Bertz CT molecular complexity index is 449. The summed E-state index contributed by atoms with van der Waals surface area (Å²) in [7, 11) is 0. The molecule has 0 N–H and O–H groups in total. The van der Waals surface area contributed by atoms with Gasteiger partial charge in [-0.2, -0.15) is 0 Å². The van der Waals surface area contributed by atoms with Crippen LogP contribution in [-0.2, 0) is 22.4 Å². The molecule has 128 valence electrons. The summed E-state index contributed by atoms with van der Waals surface area (Å²) in [4.78, 5) is 11.6. The minimum Gasteiger partial charge on any atom is -0.465 e. The Morgan fingerprint density at radius 1 is 0.957 bits per heavy atom. The van der Waals surface area contributed by atoms with Crippen molar-refractivity contribution < 1.29 is 9.53 Å². The van der Waals surface area contributed by atoms with E-state index in [1.807, 2.05) is 0 Å². The molecule has 2 rings (SSSR count). The average molecular weight is 316 g/mol. The smallest absolute Gasteiger partial charge is 0.308 e. The molecule has 1 saturated heterocycles. The molecule has 1 aromatic rings. The quantitative estimate of drug-likeness (QED) is 0.422. The number of carbonyl (C=O) groups is 1. The maximum Gasteiger partial charge on any atom is 0.308 e. The molecule has 2 heteroatoms. The fourth-order valence-corrected chi connectivity index (χ4v) is 3.33. The van der Waals surface area contributed by atoms with Gasteiger partial charge in [0.15, 0.2) is 0 Å². The summed E-state index contributed by atoms with van der Waals surface area (Å²) in [5.74, 6) is 0.221. The van der Waals surface area contributed by atoms with Crippen molar-refractivity contribution in [3.63, 3.8) is 0 Å². The minimum absolute atomic E-state index is 0.0411. The average Bonchev–Trinajstić information content (AvgIpc) is 2.58. The first kappa shape index (κ1) is 18.0. The van der Waals surface area contributed by atoms with Crippen molar-refractivity contribution in [2.24, 2.45) is 5.92 Å². The normalized spacial score (nSPS) is 18.0. The predicted molar refractivity (Wildman–Crippen MR) is 95.5 cm³/mol. The summed E-state index contributed by atoms with van der Waals surface area (Å²) in [6, 6.07) is 9.17. The number of unbranched alkanes of at least 4 members (excludes halogenated alkanes) is 4. The van der Waals surface area contributed by atoms with E-state index < -0.39 is 0 Å². The lowest BCUT2D eigenvalue weighted by molar-refractivity contribution is -0.153. The van der Waals surface area contributed by atoms with Gasteiger partial charge in [-0.05, 0) is 56.1 Å². The van der Waals surface area contributed by atoms with Crippen molar-refractivity contribution in [2.45, 2.75) is 77.6 Å². The molecule has 1 fully saturated rings. The fourth-order valence-electron chi connectivity index (χ4n) is 3.33. The van der Waals surface area contributed by atoms with Crippen molar-refractivity contribution in [1.82, 2.24) is 0 Å². The van der Waals surface area contributed by atoms with Crippen molar-refractivity contribution in [3.8, 4) is 0 Å². The number of rotatable bonds is 10. The first-order valence-electron chi connectivity index (χ1n) is 9.54. The molecule has 1 atom stereocenters. The van der Waals surface area contributed by atoms with Gasteiger partial charge >= 0.3 is 5.97 Å². The van der Waals surface area contributed by atoms with Gasteiger partial charge in [-0.25, -0.2) is 0 Å². The summed E-state index contributed by atoms with van der Waals surface area (Å²) in [5.41, 5.74) is 2.93. The van der Waals surface area contributed by atoms with Crippen LogP contribution in [0.3, 0.4) is 0 Å². The fraction of sp³-hybridized carbons (Fsp3) is 0.667. The van der Waals surface area contributed by atoms with Crippen LogP contribution in [0.25, 0.3) is 0 Å². The van der Waals surface area contributed by atoms with Crippen LogP contribution in [0.2, 0.25) is 0 Å². The number of cyclic esters (lactones) is 1. The zero-order valence-corrected chi connectivity index (χ0v) is 14.7. The molecule has 0 aliphatic carbocycles. The van der Waals surface area contributed by atoms with Crippen LogP contribution in [0.1, 0.15) is 75.8 Å². The Balaban J connectivity index is 1.54. The maximum atomic E-state index is 11.6. The number of hydrogen-bond donors (Lipinski definition) is 0. The summed E-state index contributed by atoms with van der Waals surface area (Å²) in [6.45, 7) is 2.87. The monoisotopic (exact) mass is 316 g/mol. The maximum absolute atomic E-state index is 11.6. The molecule has 0 amide bonds. The third kappa shape index (κ3) is 6.76. The van der Waals surface area contributed by atoms with Crippen LogP contribution in [0.4, 0.5) is 0 Å². The van der Waals surface area contributed by atoms with Crippen LogP contribution in [-0.4, -0.2) is 12.6 Å². The molecule has 0 spiro atoms. The van der Waals surface area contributed by atoms with E-state index in [0.717, 1.165) is 25.7 Å². The highest BCUT2D eigenvalue weighted by Crippen LogP contribution is 2.22. The van der Waals surface area contributed by atoms with Gasteiger partial charge in [0.25, 0.3) is 0 Å². The Labute approximate surface area is 141 Å².